The lowest BCUT2D eigenvalue weighted by molar-refractivity contribution is 0.601. The smallest absolute Gasteiger partial charge is 0.175 e. The first kappa shape index (κ1) is 20.3. The van der Waals surface area contributed by atoms with E-state index in [9.17, 15) is 8.42 Å². The van der Waals surface area contributed by atoms with Crippen LogP contribution < -0.4 is 5.32 Å². The number of halogens is 2. The molecular weight excluding hydrogens is 423 g/mol. The van der Waals surface area contributed by atoms with E-state index < -0.39 is 21.7 Å². The molecule has 1 aromatic heterocycles. The Labute approximate surface area is 179 Å². The number of fused-ring (bicyclic) bond motifs is 1. The molecule has 0 spiro atoms. The van der Waals surface area contributed by atoms with Gasteiger partial charge in [-0.1, -0.05) is 54.1 Å². The van der Waals surface area contributed by atoms with Crippen LogP contribution in [0.2, 0.25) is 5.02 Å². The number of hydrogen-bond acceptors (Lipinski definition) is 4. The van der Waals surface area contributed by atoms with Gasteiger partial charge >= 0.3 is 0 Å². The fraction of sp³-hybridized carbons (Fsp3) is 0.0870. The van der Waals surface area contributed by atoms with Gasteiger partial charge in [0.05, 0.1) is 21.6 Å². The number of pyridine rings is 1. The second-order valence-corrected chi connectivity index (χ2v) is 9.37. The molecule has 4 aromatic rings. The third kappa shape index (κ3) is 4.01. The minimum Gasteiger partial charge on any atom is -0.372 e. The van der Waals surface area contributed by atoms with Crippen molar-refractivity contribution in [2.45, 2.75) is 10.9 Å². The van der Waals surface area contributed by atoms with Gasteiger partial charge in [-0.15, -0.1) is 0 Å². The third-order valence-corrected chi connectivity index (χ3v) is 6.29. The normalized spacial score (nSPS) is 12.6. The molecule has 0 saturated carbocycles. The zero-order valence-corrected chi connectivity index (χ0v) is 17.6. The number of sulfone groups is 1. The largest absolute Gasteiger partial charge is 0.372 e. The summed E-state index contributed by atoms with van der Waals surface area (Å²) in [5.74, 6) is -0.518. The molecule has 3 aromatic carbocycles. The van der Waals surface area contributed by atoms with Crippen LogP contribution in [0, 0.1) is 5.82 Å². The molecule has 0 fully saturated rings. The highest BCUT2D eigenvalue weighted by Gasteiger charge is 2.19. The minimum atomic E-state index is -3.38. The quantitative estimate of drug-likeness (QED) is 0.436. The summed E-state index contributed by atoms with van der Waals surface area (Å²) in [5, 5.41) is 4.16. The monoisotopic (exact) mass is 440 g/mol. The van der Waals surface area contributed by atoms with Crippen molar-refractivity contribution in [2.75, 3.05) is 11.6 Å². The van der Waals surface area contributed by atoms with E-state index in [0.717, 1.165) is 11.8 Å². The number of benzene rings is 3. The van der Waals surface area contributed by atoms with Crippen molar-refractivity contribution in [3.63, 3.8) is 0 Å². The van der Waals surface area contributed by atoms with Crippen LogP contribution in [-0.2, 0) is 9.84 Å². The van der Waals surface area contributed by atoms with Crippen LogP contribution in [0.5, 0.6) is 0 Å². The van der Waals surface area contributed by atoms with Crippen LogP contribution in [0.15, 0.2) is 83.9 Å². The number of nitrogens with one attached hydrogen (secondary N) is 1. The molecule has 7 heteroatoms. The number of aromatic nitrogens is 1. The van der Waals surface area contributed by atoms with Gasteiger partial charge in [-0.2, -0.15) is 0 Å². The molecule has 1 N–H and O–H groups in total. The van der Waals surface area contributed by atoms with Crippen molar-refractivity contribution in [2.24, 2.45) is 0 Å². The second-order valence-electron chi connectivity index (χ2n) is 6.95. The second kappa shape index (κ2) is 8.05. The van der Waals surface area contributed by atoms with E-state index in [1.54, 1.807) is 36.4 Å². The molecule has 1 heterocycles. The minimum absolute atomic E-state index is 0.171. The number of hydrogen-bond donors (Lipinski definition) is 1. The lowest BCUT2D eigenvalue weighted by atomic mass is 9.98. The van der Waals surface area contributed by atoms with Gasteiger partial charge in [0.2, 0.25) is 0 Å². The summed E-state index contributed by atoms with van der Waals surface area (Å²) in [7, 11) is -3.38. The van der Waals surface area contributed by atoms with E-state index in [1.165, 1.54) is 6.20 Å². The van der Waals surface area contributed by atoms with Crippen molar-refractivity contribution in [3.05, 3.63) is 101 Å². The Bertz CT molecular complexity index is 1330. The topological polar surface area (TPSA) is 59.1 Å². The summed E-state index contributed by atoms with van der Waals surface area (Å²) < 4.78 is 39.3. The number of nitrogens with zero attached hydrogens (tertiary/aromatic N) is 1. The standard InChI is InChI=1S/C23H18ClFN2O2S/c1-30(28,29)17-9-5-8-16(14-17)22(15-6-3-2-4-7-15)27-20-11-10-18-19(24)12-13-26-23(18)21(20)25/h2-14,22,27H,1H3. The maximum absolute atomic E-state index is 15.2. The molecule has 0 aliphatic heterocycles. The zero-order valence-electron chi connectivity index (χ0n) is 16.0. The Morgan fingerprint density at radius 3 is 2.43 bits per heavy atom. The van der Waals surface area contributed by atoms with Crippen LogP contribution in [0.3, 0.4) is 0 Å². The molecule has 152 valence electrons. The lowest BCUT2D eigenvalue weighted by Crippen LogP contribution is -2.14. The van der Waals surface area contributed by atoms with Gasteiger partial charge in [0.25, 0.3) is 0 Å². The predicted octanol–water partition coefficient (Wildman–Crippen LogP) is 5.63. The molecule has 1 atom stereocenters. The van der Waals surface area contributed by atoms with Gasteiger partial charge in [0.1, 0.15) is 5.52 Å². The van der Waals surface area contributed by atoms with Crippen molar-refractivity contribution >= 4 is 38.0 Å². The summed E-state index contributed by atoms with van der Waals surface area (Å²) in [4.78, 5) is 4.33. The molecule has 0 saturated heterocycles. The average Bonchev–Trinajstić information content (AvgIpc) is 2.74. The van der Waals surface area contributed by atoms with Crippen molar-refractivity contribution < 1.29 is 12.8 Å². The SMILES string of the molecule is CS(=O)(=O)c1cccc(C(Nc2ccc3c(Cl)ccnc3c2F)c2ccccc2)c1. The number of anilines is 1. The van der Waals surface area contributed by atoms with Crippen LogP contribution in [0.1, 0.15) is 17.2 Å². The molecule has 4 rings (SSSR count). The molecular formula is C23H18ClFN2O2S. The van der Waals surface area contributed by atoms with Crippen LogP contribution in [-0.4, -0.2) is 19.7 Å². The maximum Gasteiger partial charge on any atom is 0.175 e. The van der Waals surface area contributed by atoms with Crippen molar-refractivity contribution in [3.8, 4) is 0 Å². The fourth-order valence-corrected chi connectivity index (χ4v) is 4.23. The van der Waals surface area contributed by atoms with E-state index in [1.807, 2.05) is 36.4 Å². The van der Waals surface area contributed by atoms with Gasteiger partial charge < -0.3 is 5.32 Å². The highest BCUT2D eigenvalue weighted by atomic mass is 35.5. The first-order valence-corrected chi connectivity index (χ1v) is 11.5. The molecule has 0 bridgehead atoms. The van der Waals surface area contributed by atoms with E-state index >= 15 is 4.39 Å². The van der Waals surface area contributed by atoms with Gasteiger partial charge in [-0.25, -0.2) is 12.8 Å². The van der Waals surface area contributed by atoms with Crippen molar-refractivity contribution in [1.82, 2.24) is 4.98 Å². The van der Waals surface area contributed by atoms with Gasteiger partial charge in [-0.05, 0) is 41.5 Å². The first-order valence-electron chi connectivity index (χ1n) is 9.19. The molecule has 1 unspecified atom stereocenters. The summed E-state index contributed by atoms with van der Waals surface area (Å²) >= 11 is 6.16. The number of rotatable bonds is 5. The Kier molecular flexibility index (Phi) is 5.45. The molecule has 0 amide bonds. The zero-order chi connectivity index (χ0) is 21.3. The van der Waals surface area contributed by atoms with Crippen LogP contribution >= 0.6 is 11.6 Å². The van der Waals surface area contributed by atoms with Gasteiger partial charge in [-0.3, -0.25) is 4.98 Å². The van der Waals surface area contributed by atoms with Gasteiger partial charge in [0, 0.05) is 17.8 Å². The highest BCUT2D eigenvalue weighted by molar-refractivity contribution is 7.90. The fourth-order valence-electron chi connectivity index (χ4n) is 3.35. The summed E-state index contributed by atoms with van der Waals surface area (Å²) in [6, 6.07) is 20.6. The van der Waals surface area contributed by atoms with Crippen LogP contribution in [0.4, 0.5) is 10.1 Å². The molecule has 0 aliphatic rings. The summed E-state index contributed by atoms with van der Waals surface area (Å²) in [6.45, 7) is 0. The summed E-state index contributed by atoms with van der Waals surface area (Å²) in [6.07, 6.45) is 2.62. The van der Waals surface area contributed by atoms with Crippen molar-refractivity contribution in [1.29, 1.82) is 0 Å². The highest BCUT2D eigenvalue weighted by Crippen LogP contribution is 2.33. The third-order valence-electron chi connectivity index (χ3n) is 4.85. The van der Waals surface area contributed by atoms with E-state index in [4.69, 9.17) is 11.6 Å². The van der Waals surface area contributed by atoms with Crippen LogP contribution in [0.25, 0.3) is 10.9 Å². The lowest BCUT2D eigenvalue weighted by Gasteiger charge is -2.22. The Morgan fingerprint density at radius 2 is 1.70 bits per heavy atom. The Morgan fingerprint density at radius 1 is 0.967 bits per heavy atom. The molecule has 30 heavy (non-hydrogen) atoms. The molecule has 0 radical (unpaired) electrons. The molecule has 0 aliphatic carbocycles. The van der Waals surface area contributed by atoms with E-state index in [2.05, 4.69) is 10.3 Å². The predicted molar refractivity (Wildman–Crippen MR) is 118 cm³/mol. The first-order chi connectivity index (χ1) is 14.3. The van der Waals surface area contributed by atoms with E-state index in [0.29, 0.717) is 16.0 Å². The summed E-state index contributed by atoms with van der Waals surface area (Å²) in [5.41, 5.74) is 1.98. The van der Waals surface area contributed by atoms with E-state index in [-0.39, 0.29) is 16.1 Å². The maximum atomic E-state index is 15.2. The average molecular weight is 441 g/mol. The van der Waals surface area contributed by atoms with Gasteiger partial charge in [0.15, 0.2) is 15.7 Å². The molecule has 4 nitrogen and oxygen atoms in total. The Hall–Kier alpha value is -2.96. The Balaban J connectivity index is 1.83.